The predicted octanol–water partition coefficient (Wildman–Crippen LogP) is 5.40. The maximum Gasteiger partial charge on any atom is 0.0103 e. The van der Waals surface area contributed by atoms with Crippen LogP contribution in [-0.2, 0) is 0 Å². The lowest BCUT2D eigenvalue weighted by atomic mass is 9.89. The summed E-state index contributed by atoms with van der Waals surface area (Å²) in [6.45, 7) is 8.26. The van der Waals surface area contributed by atoms with Gasteiger partial charge in [-0.2, -0.15) is 0 Å². The largest absolute Gasteiger partial charge is 0.314 e. The van der Waals surface area contributed by atoms with Crippen LogP contribution in [-0.4, -0.2) is 12.6 Å². The third-order valence-electron chi connectivity index (χ3n) is 5.97. The summed E-state index contributed by atoms with van der Waals surface area (Å²) in [5.74, 6) is 4.20. The van der Waals surface area contributed by atoms with Crippen LogP contribution in [0.5, 0.6) is 0 Å². The van der Waals surface area contributed by atoms with Gasteiger partial charge in [-0.3, -0.25) is 0 Å². The molecule has 0 bridgehead atoms. The SMILES string of the molecule is CCCCC(CC)CC(NCCC)C1C2CCCCC21. The van der Waals surface area contributed by atoms with E-state index in [1.54, 1.807) is 0 Å². The van der Waals surface area contributed by atoms with Crippen molar-refractivity contribution >= 4 is 0 Å². The van der Waals surface area contributed by atoms with Crippen molar-refractivity contribution in [2.75, 3.05) is 6.54 Å². The van der Waals surface area contributed by atoms with Crippen molar-refractivity contribution < 1.29 is 0 Å². The van der Waals surface area contributed by atoms with E-state index >= 15 is 0 Å². The lowest BCUT2D eigenvalue weighted by molar-refractivity contribution is 0.314. The summed E-state index contributed by atoms with van der Waals surface area (Å²) in [5, 5.41) is 3.93. The second-order valence-electron chi connectivity index (χ2n) is 7.40. The average Bonchev–Trinajstić information content (AvgIpc) is 3.21. The maximum atomic E-state index is 3.93. The van der Waals surface area contributed by atoms with Gasteiger partial charge >= 0.3 is 0 Å². The predicted molar refractivity (Wildman–Crippen MR) is 88.9 cm³/mol. The van der Waals surface area contributed by atoms with Gasteiger partial charge in [0, 0.05) is 6.04 Å². The van der Waals surface area contributed by atoms with Crippen molar-refractivity contribution in [1.29, 1.82) is 0 Å². The lowest BCUT2D eigenvalue weighted by Crippen LogP contribution is -2.34. The zero-order valence-corrected chi connectivity index (χ0v) is 14.2. The van der Waals surface area contributed by atoms with Crippen LogP contribution in [0.2, 0.25) is 0 Å². The molecule has 118 valence electrons. The summed E-state index contributed by atoms with van der Waals surface area (Å²) in [6, 6.07) is 0.838. The van der Waals surface area contributed by atoms with E-state index in [-0.39, 0.29) is 0 Å². The van der Waals surface area contributed by atoms with Gasteiger partial charge in [-0.05, 0) is 55.9 Å². The molecular formula is C19H37N. The highest BCUT2D eigenvalue weighted by molar-refractivity contribution is 5.04. The van der Waals surface area contributed by atoms with Gasteiger partial charge in [0.25, 0.3) is 0 Å². The molecule has 0 aromatic rings. The van der Waals surface area contributed by atoms with Gasteiger partial charge in [0.2, 0.25) is 0 Å². The first-order valence-corrected chi connectivity index (χ1v) is 9.55. The molecule has 0 radical (unpaired) electrons. The van der Waals surface area contributed by atoms with Gasteiger partial charge in [0.1, 0.15) is 0 Å². The Morgan fingerprint density at radius 1 is 1.00 bits per heavy atom. The summed E-state index contributed by atoms with van der Waals surface area (Å²) in [6.07, 6.45) is 14.4. The molecule has 1 N–H and O–H groups in total. The number of rotatable bonds is 10. The summed E-state index contributed by atoms with van der Waals surface area (Å²) >= 11 is 0. The van der Waals surface area contributed by atoms with Crippen LogP contribution in [0.25, 0.3) is 0 Å². The van der Waals surface area contributed by atoms with Gasteiger partial charge in [0.05, 0.1) is 0 Å². The Morgan fingerprint density at radius 2 is 1.70 bits per heavy atom. The van der Waals surface area contributed by atoms with E-state index in [1.165, 1.54) is 70.8 Å². The molecule has 2 saturated carbocycles. The minimum atomic E-state index is 0.838. The van der Waals surface area contributed by atoms with Gasteiger partial charge < -0.3 is 5.32 Å². The molecule has 20 heavy (non-hydrogen) atoms. The zero-order chi connectivity index (χ0) is 14.4. The molecule has 1 heteroatoms. The van der Waals surface area contributed by atoms with Gasteiger partial charge in [-0.25, -0.2) is 0 Å². The van der Waals surface area contributed by atoms with E-state index in [4.69, 9.17) is 0 Å². The molecule has 2 fully saturated rings. The Morgan fingerprint density at radius 3 is 2.25 bits per heavy atom. The Balaban J connectivity index is 1.86. The van der Waals surface area contributed by atoms with Crippen LogP contribution in [0, 0.1) is 23.7 Å². The van der Waals surface area contributed by atoms with Gasteiger partial charge in [-0.1, -0.05) is 59.3 Å². The van der Waals surface area contributed by atoms with Crippen molar-refractivity contribution in [2.45, 2.75) is 91.0 Å². The van der Waals surface area contributed by atoms with E-state index in [9.17, 15) is 0 Å². The van der Waals surface area contributed by atoms with Crippen LogP contribution >= 0.6 is 0 Å². The van der Waals surface area contributed by atoms with Crippen LogP contribution < -0.4 is 5.32 Å². The Bertz CT molecular complexity index is 250. The highest BCUT2D eigenvalue weighted by atomic mass is 14.9. The van der Waals surface area contributed by atoms with Crippen LogP contribution in [0.1, 0.15) is 85.0 Å². The third-order valence-corrected chi connectivity index (χ3v) is 5.97. The van der Waals surface area contributed by atoms with E-state index in [0.717, 1.165) is 29.7 Å². The summed E-state index contributed by atoms with van der Waals surface area (Å²) in [5.41, 5.74) is 0. The molecule has 0 saturated heterocycles. The number of hydrogen-bond acceptors (Lipinski definition) is 1. The molecule has 2 aliphatic rings. The zero-order valence-electron chi connectivity index (χ0n) is 14.2. The average molecular weight is 280 g/mol. The van der Waals surface area contributed by atoms with E-state index in [0.29, 0.717) is 0 Å². The second kappa shape index (κ2) is 8.41. The first-order valence-electron chi connectivity index (χ1n) is 9.55. The number of unbranched alkanes of at least 4 members (excludes halogenated alkanes) is 1. The third kappa shape index (κ3) is 4.23. The standard InChI is InChI=1S/C19H37N/c1-4-7-10-15(6-3)14-18(20-13-5-2)19-16-11-8-9-12-17(16)19/h15-20H,4-14H2,1-3H3. The first-order chi connectivity index (χ1) is 9.81. The first kappa shape index (κ1) is 16.3. The second-order valence-corrected chi connectivity index (χ2v) is 7.40. The maximum absolute atomic E-state index is 3.93. The summed E-state index contributed by atoms with van der Waals surface area (Å²) in [7, 11) is 0. The van der Waals surface area contributed by atoms with Crippen molar-refractivity contribution in [3.8, 4) is 0 Å². The number of hydrogen-bond donors (Lipinski definition) is 1. The fraction of sp³-hybridized carbons (Fsp3) is 1.00. The molecule has 0 aliphatic heterocycles. The Labute approximate surface area is 127 Å². The van der Waals surface area contributed by atoms with Crippen molar-refractivity contribution in [3.05, 3.63) is 0 Å². The van der Waals surface area contributed by atoms with Gasteiger partial charge in [0.15, 0.2) is 0 Å². The normalized spacial score (nSPS) is 31.6. The molecule has 4 unspecified atom stereocenters. The topological polar surface area (TPSA) is 12.0 Å². The van der Waals surface area contributed by atoms with Crippen molar-refractivity contribution in [3.63, 3.8) is 0 Å². The van der Waals surface area contributed by atoms with E-state index < -0.39 is 0 Å². The molecular weight excluding hydrogens is 242 g/mol. The highest BCUT2D eigenvalue weighted by Gasteiger charge is 2.53. The minimum absolute atomic E-state index is 0.838. The Hall–Kier alpha value is -0.0400. The fourth-order valence-corrected chi connectivity index (χ4v) is 4.69. The minimum Gasteiger partial charge on any atom is -0.314 e. The quantitative estimate of drug-likeness (QED) is 0.565. The molecule has 4 atom stereocenters. The highest BCUT2D eigenvalue weighted by Crippen LogP contribution is 2.57. The molecule has 2 aliphatic carbocycles. The van der Waals surface area contributed by atoms with Crippen LogP contribution in [0.4, 0.5) is 0 Å². The lowest BCUT2D eigenvalue weighted by Gasteiger charge is -2.24. The van der Waals surface area contributed by atoms with E-state index in [2.05, 4.69) is 26.1 Å². The molecule has 0 aromatic heterocycles. The number of nitrogens with one attached hydrogen (secondary N) is 1. The Kier molecular flexibility index (Phi) is 6.87. The van der Waals surface area contributed by atoms with Crippen LogP contribution in [0.15, 0.2) is 0 Å². The fourth-order valence-electron chi connectivity index (χ4n) is 4.69. The smallest absolute Gasteiger partial charge is 0.0103 e. The van der Waals surface area contributed by atoms with Crippen molar-refractivity contribution in [2.24, 2.45) is 23.7 Å². The molecule has 0 aromatic carbocycles. The van der Waals surface area contributed by atoms with Crippen molar-refractivity contribution in [1.82, 2.24) is 5.32 Å². The van der Waals surface area contributed by atoms with E-state index in [1.807, 2.05) is 0 Å². The summed E-state index contributed by atoms with van der Waals surface area (Å²) in [4.78, 5) is 0. The monoisotopic (exact) mass is 279 g/mol. The van der Waals surface area contributed by atoms with Gasteiger partial charge in [-0.15, -0.1) is 0 Å². The molecule has 0 spiro atoms. The summed E-state index contributed by atoms with van der Waals surface area (Å²) < 4.78 is 0. The molecule has 1 nitrogen and oxygen atoms in total. The van der Waals surface area contributed by atoms with Crippen LogP contribution in [0.3, 0.4) is 0 Å². The molecule has 0 heterocycles. The molecule has 0 amide bonds. The molecule has 2 rings (SSSR count). The number of fused-ring (bicyclic) bond motifs is 1.